The molecule has 2 nitrogen and oxygen atoms in total. The van der Waals surface area contributed by atoms with Crippen molar-refractivity contribution >= 4 is 68.4 Å². The van der Waals surface area contributed by atoms with E-state index in [1.807, 2.05) is 0 Å². The van der Waals surface area contributed by atoms with Gasteiger partial charge in [0.25, 0.3) is 0 Å². The molecule has 0 N–H and O–H groups in total. The predicted octanol–water partition coefficient (Wildman–Crippen LogP) is 10.2. The van der Waals surface area contributed by atoms with Crippen molar-refractivity contribution in [3.05, 3.63) is 151 Å². The second kappa shape index (κ2) is 12.7. The molecule has 0 bridgehead atoms. The zero-order chi connectivity index (χ0) is 28.2. The lowest BCUT2D eigenvalue weighted by atomic mass is 10.1. The van der Waals surface area contributed by atoms with Crippen molar-refractivity contribution < 1.29 is 17.2 Å². The van der Waals surface area contributed by atoms with Crippen molar-refractivity contribution in [3.63, 3.8) is 0 Å². The molecular weight excluding hydrogens is 604 g/mol. The Balaban J connectivity index is 1.83. The molecule has 0 saturated heterocycles. The summed E-state index contributed by atoms with van der Waals surface area (Å²) in [5.74, 6) is -1.16. The molecule has 0 aliphatic heterocycles. The van der Waals surface area contributed by atoms with Crippen LogP contribution in [-0.4, -0.2) is 8.42 Å². The third kappa shape index (κ3) is 7.30. The second-order valence-electron chi connectivity index (χ2n) is 8.60. The van der Waals surface area contributed by atoms with Crippen molar-refractivity contribution in [1.29, 1.82) is 0 Å². The van der Waals surface area contributed by atoms with E-state index in [2.05, 4.69) is 0 Å². The van der Waals surface area contributed by atoms with E-state index in [1.165, 1.54) is 48.6 Å². The van der Waals surface area contributed by atoms with Crippen LogP contribution in [0, 0.1) is 11.6 Å². The Morgan fingerprint density at radius 1 is 0.564 bits per heavy atom. The highest BCUT2D eigenvalue weighted by Crippen LogP contribution is 2.38. The minimum absolute atomic E-state index is 0.0806. The van der Waals surface area contributed by atoms with Crippen LogP contribution < -0.4 is 0 Å². The van der Waals surface area contributed by atoms with Gasteiger partial charge in [0.05, 0.1) is 10.0 Å². The Bertz CT molecular complexity index is 1520. The lowest BCUT2D eigenvalue weighted by Gasteiger charge is -2.22. The molecule has 4 aromatic carbocycles. The van der Waals surface area contributed by atoms with Gasteiger partial charge in [-0.3, -0.25) is 0 Å². The molecule has 0 fully saturated rings. The molecule has 200 valence electrons. The average Bonchev–Trinajstić information content (AvgIpc) is 2.90. The number of hydrogen-bond donors (Lipinski definition) is 0. The highest BCUT2D eigenvalue weighted by Gasteiger charge is 2.33. The van der Waals surface area contributed by atoms with Crippen LogP contribution in [0.25, 0.3) is 12.2 Å². The highest BCUT2D eigenvalue weighted by molar-refractivity contribution is 7.92. The van der Waals surface area contributed by atoms with Crippen molar-refractivity contribution in [2.45, 2.75) is 10.5 Å². The minimum Gasteiger partial charge on any atom is -0.227 e. The molecule has 4 aromatic rings. The van der Waals surface area contributed by atoms with Crippen LogP contribution in [0.2, 0.25) is 20.1 Å². The first-order valence-corrected chi connectivity index (χ1v) is 14.7. The molecule has 4 rings (SSSR count). The molecule has 2 unspecified atom stereocenters. The van der Waals surface area contributed by atoms with Crippen LogP contribution in [0.4, 0.5) is 8.78 Å². The molecule has 0 saturated carbocycles. The largest absolute Gasteiger partial charge is 0.227 e. The van der Waals surface area contributed by atoms with Crippen LogP contribution in [0.1, 0.15) is 32.8 Å². The van der Waals surface area contributed by atoms with Gasteiger partial charge in [-0.25, -0.2) is 17.2 Å². The maximum atomic E-state index is 14.3. The topological polar surface area (TPSA) is 34.1 Å². The molecule has 0 spiro atoms. The molecule has 0 heterocycles. The van der Waals surface area contributed by atoms with E-state index in [9.17, 15) is 17.2 Å². The van der Waals surface area contributed by atoms with Crippen molar-refractivity contribution in [2.75, 3.05) is 0 Å². The van der Waals surface area contributed by atoms with E-state index < -0.39 is 32.0 Å². The number of benzene rings is 4. The molecule has 0 radical (unpaired) electrons. The summed E-state index contributed by atoms with van der Waals surface area (Å²) in [4.78, 5) is 0. The summed E-state index contributed by atoms with van der Waals surface area (Å²) in [5.41, 5.74) is 1.99. The first-order chi connectivity index (χ1) is 18.5. The van der Waals surface area contributed by atoms with Crippen molar-refractivity contribution in [1.82, 2.24) is 0 Å². The van der Waals surface area contributed by atoms with Gasteiger partial charge in [0.15, 0.2) is 9.84 Å². The molecule has 0 aliphatic carbocycles. The molecular formula is C30H20Cl4F2O2S. The van der Waals surface area contributed by atoms with Gasteiger partial charge in [-0.2, -0.15) is 0 Å². The van der Waals surface area contributed by atoms with E-state index in [-0.39, 0.29) is 10.0 Å². The smallest absolute Gasteiger partial charge is 0.171 e. The lowest BCUT2D eigenvalue weighted by Crippen LogP contribution is -2.19. The Morgan fingerprint density at radius 2 is 0.923 bits per heavy atom. The van der Waals surface area contributed by atoms with Gasteiger partial charge in [-0.15, -0.1) is 0 Å². The molecule has 9 heteroatoms. The molecule has 2 atom stereocenters. The monoisotopic (exact) mass is 622 g/mol. The zero-order valence-corrected chi connectivity index (χ0v) is 23.9. The van der Waals surface area contributed by atoms with Crippen molar-refractivity contribution in [3.8, 4) is 0 Å². The second-order valence-corrected chi connectivity index (χ2v) is 12.5. The fourth-order valence-corrected chi connectivity index (χ4v) is 6.53. The number of sulfone groups is 1. The van der Waals surface area contributed by atoms with Crippen LogP contribution in [0.15, 0.2) is 97.1 Å². The average molecular weight is 624 g/mol. The third-order valence-electron chi connectivity index (χ3n) is 5.92. The molecule has 39 heavy (non-hydrogen) atoms. The van der Waals surface area contributed by atoms with Gasteiger partial charge in [0.1, 0.15) is 22.1 Å². The number of hydrogen-bond acceptors (Lipinski definition) is 2. The number of halogens is 6. The van der Waals surface area contributed by atoms with Gasteiger partial charge in [0.2, 0.25) is 0 Å². The third-order valence-corrected chi connectivity index (χ3v) is 9.28. The number of rotatable bonds is 8. The normalized spacial score (nSPS) is 13.7. The summed E-state index contributed by atoms with van der Waals surface area (Å²) in [6.07, 6.45) is 6.19. The summed E-state index contributed by atoms with van der Waals surface area (Å²) < 4.78 is 56.0. The van der Waals surface area contributed by atoms with E-state index in [1.54, 1.807) is 60.7 Å². The first kappa shape index (κ1) is 29.3. The van der Waals surface area contributed by atoms with E-state index in [0.717, 1.165) is 0 Å². The first-order valence-electron chi connectivity index (χ1n) is 11.5. The van der Waals surface area contributed by atoms with Crippen LogP contribution in [0.3, 0.4) is 0 Å². The SMILES string of the molecule is O=S(=O)(C(C=Cc1ccc(F)c(Cl)c1)c1ccc(Cl)cc1)C(C=Cc1ccc(F)c(Cl)c1)c1ccc(Cl)cc1. The summed E-state index contributed by atoms with van der Waals surface area (Å²) >= 11 is 24.0. The standard InChI is InChI=1S/C30H20Cl4F2O2S/c31-23-9-5-21(6-10-23)29(15-3-19-1-13-27(35)25(33)17-19)39(37,38)30(22-7-11-24(32)12-8-22)16-4-20-2-14-28(36)26(34)18-20/h1-18,29-30H. The quantitative estimate of drug-likeness (QED) is 0.196. The fraction of sp³-hybridized carbons (Fsp3) is 0.0667. The zero-order valence-electron chi connectivity index (χ0n) is 20.0. The van der Waals surface area contributed by atoms with Gasteiger partial charge < -0.3 is 0 Å². The highest BCUT2D eigenvalue weighted by atomic mass is 35.5. The van der Waals surface area contributed by atoms with Crippen molar-refractivity contribution in [2.24, 2.45) is 0 Å². The van der Waals surface area contributed by atoms with Gasteiger partial charge in [0, 0.05) is 10.0 Å². The van der Waals surface area contributed by atoms with E-state index in [4.69, 9.17) is 46.4 Å². The Labute approximate surface area is 246 Å². The molecule has 0 aliphatic rings. The van der Waals surface area contributed by atoms with Gasteiger partial charge in [-0.1, -0.05) is 107 Å². The molecule has 0 aromatic heterocycles. The fourth-order valence-electron chi connectivity index (χ4n) is 3.91. The lowest BCUT2D eigenvalue weighted by molar-refractivity contribution is 0.584. The van der Waals surface area contributed by atoms with Crippen LogP contribution in [0.5, 0.6) is 0 Å². The summed E-state index contributed by atoms with van der Waals surface area (Å²) in [5, 5.41) is -1.51. The van der Waals surface area contributed by atoms with E-state index in [0.29, 0.717) is 32.3 Å². The van der Waals surface area contributed by atoms with Gasteiger partial charge in [-0.05, 0) is 70.8 Å². The molecule has 0 amide bonds. The maximum absolute atomic E-state index is 14.3. The summed E-state index contributed by atoms with van der Waals surface area (Å²) in [6, 6.07) is 21.2. The summed E-state index contributed by atoms with van der Waals surface area (Å²) in [7, 11) is -4.05. The van der Waals surface area contributed by atoms with Gasteiger partial charge >= 0.3 is 0 Å². The Morgan fingerprint density at radius 3 is 1.26 bits per heavy atom. The Hall–Kier alpha value is -2.67. The minimum atomic E-state index is -4.05. The van der Waals surface area contributed by atoms with E-state index >= 15 is 0 Å². The van der Waals surface area contributed by atoms with Crippen LogP contribution in [-0.2, 0) is 9.84 Å². The summed E-state index contributed by atoms with van der Waals surface area (Å²) in [6.45, 7) is 0. The van der Waals surface area contributed by atoms with Crippen LogP contribution >= 0.6 is 46.4 Å². The maximum Gasteiger partial charge on any atom is 0.171 e. The predicted molar refractivity (Wildman–Crippen MR) is 158 cm³/mol. The Kier molecular flexibility index (Phi) is 9.52.